The van der Waals surface area contributed by atoms with Crippen molar-refractivity contribution >= 4 is 11.9 Å². The number of carboxylic acids is 1. The van der Waals surface area contributed by atoms with E-state index in [1.165, 1.54) is 35.4 Å². The van der Waals surface area contributed by atoms with E-state index in [9.17, 15) is 19.1 Å². The molecule has 0 spiro atoms. The summed E-state index contributed by atoms with van der Waals surface area (Å²) in [7, 11) is 0. The monoisotopic (exact) mass is 263 g/mol. The number of carbonyl (C=O) groups is 2. The highest BCUT2D eigenvalue weighted by molar-refractivity contribution is 5.93. The fraction of sp³-hybridized carbons (Fsp3) is 0.286. The minimum absolute atomic E-state index is 0.0948. The number of carbonyl (C=O) groups excluding carboxylic acids is 1. The topological polar surface area (TPSA) is 57.6 Å². The van der Waals surface area contributed by atoms with E-state index in [1.54, 1.807) is 6.92 Å². The number of nitrogens with zero attached hydrogens (tertiary/aromatic N) is 1. The molecule has 1 aliphatic rings. The van der Waals surface area contributed by atoms with Crippen molar-refractivity contribution in [3.05, 3.63) is 47.4 Å². The Hall–Kier alpha value is -2.17. The van der Waals surface area contributed by atoms with Gasteiger partial charge < -0.3 is 10.0 Å². The van der Waals surface area contributed by atoms with Crippen molar-refractivity contribution in [3.8, 4) is 0 Å². The molecular formula is C14H14FNO3. The van der Waals surface area contributed by atoms with Crippen LogP contribution in [0, 0.1) is 5.82 Å². The molecule has 0 aromatic heterocycles. The molecule has 1 atom stereocenters. The predicted molar refractivity (Wildman–Crippen MR) is 66.9 cm³/mol. The van der Waals surface area contributed by atoms with Gasteiger partial charge in [-0.1, -0.05) is 12.1 Å². The second-order valence-corrected chi connectivity index (χ2v) is 4.38. The highest BCUT2D eigenvalue weighted by atomic mass is 19.1. The number of halogens is 1. The van der Waals surface area contributed by atoms with Crippen LogP contribution in [0.4, 0.5) is 4.39 Å². The fourth-order valence-corrected chi connectivity index (χ4v) is 2.20. The molecular weight excluding hydrogens is 249 g/mol. The Labute approximate surface area is 110 Å². The molecule has 0 saturated heterocycles. The summed E-state index contributed by atoms with van der Waals surface area (Å²) in [6, 6.07) is 5.58. The third kappa shape index (κ3) is 2.65. The molecule has 100 valence electrons. The van der Waals surface area contributed by atoms with Gasteiger partial charge in [-0.05, 0) is 24.6 Å². The summed E-state index contributed by atoms with van der Waals surface area (Å²) in [6.45, 7) is 2.22. The maximum absolute atomic E-state index is 12.9. The van der Waals surface area contributed by atoms with E-state index in [0.29, 0.717) is 12.1 Å². The van der Waals surface area contributed by atoms with Gasteiger partial charge >= 0.3 is 5.97 Å². The maximum atomic E-state index is 12.9. The molecule has 1 aliphatic heterocycles. The largest absolute Gasteiger partial charge is 0.478 e. The van der Waals surface area contributed by atoms with Gasteiger partial charge in [0.25, 0.3) is 0 Å². The molecule has 1 heterocycles. The number of rotatable bonds is 3. The summed E-state index contributed by atoms with van der Waals surface area (Å²) >= 11 is 0. The third-order valence-electron chi connectivity index (χ3n) is 3.23. The molecule has 0 unspecified atom stereocenters. The van der Waals surface area contributed by atoms with Gasteiger partial charge in [0.1, 0.15) is 5.82 Å². The van der Waals surface area contributed by atoms with Gasteiger partial charge in [-0.2, -0.15) is 0 Å². The van der Waals surface area contributed by atoms with E-state index >= 15 is 0 Å². The highest BCUT2D eigenvalue weighted by Crippen LogP contribution is 2.32. The first kappa shape index (κ1) is 13.3. The molecule has 1 aromatic rings. The van der Waals surface area contributed by atoms with Crippen molar-refractivity contribution in [3.63, 3.8) is 0 Å². The summed E-state index contributed by atoms with van der Waals surface area (Å²) < 4.78 is 12.9. The van der Waals surface area contributed by atoms with E-state index in [2.05, 4.69) is 0 Å². The number of amides is 1. The zero-order valence-corrected chi connectivity index (χ0v) is 10.5. The van der Waals surface area contributed by atoms with Crippen LogP contribution in [0.1, 0.15) is 24.8 Å². The first-order valence-corrected chi connectivity index (χ1v) is 6.03. The average molecular weight is 263 g/mol. The van der Waals surface area contributed by atoms with Crippen LogP contribution in [0.3, 0.4) is 0 Å². The molecule has 0 bridgehead atoms. The van der Waals surface area contributed by atoms with Crippen LogP contribution in [-0.2, 0) is 9.59 Å². The average Bonchev–Trinajstić information content (AvgIpc) is 2.39. The van der Waals surface area contributed by atoms with E-state index in [1.807, 2.05) is 0 Å². The van der Waals surface area contributed by atoms with Gasteiger partial charge in [-0.3, -0.25) is 4.79 Å². The standard InChI is InChI=1S/C14H14FNO3/c1-2-16-8-12(14(18)19)11(7-13(16)17)9-3-5-10(15)6-4-9/h3-6,8,11H,2,7H2,1H3,(H,18,19)/t11-/m0/s1. The summed E-state index contributed by atoms with van der Waals surface area (Å²) in [5.41, 5.74) is 0.798. The minimum Gasteiger partial charge on any atom is -0.478 e. The van der Waals surface area contributed by atoms with Crippen molar-refractivity contribution in [1.82, 2.24) is 4.90 Å². The normalized spacial score (nSPS) is 19.3. The molecule has 0 radical (unpaired) electrons. The second kappa shape index (κ2) is 5.22. The van der Waals surface area contributed by atoms with E-state index < -0.39 is 11.9 Å². The van der Waals surface area contributed by atoms with Gasteiger partial charge in [-0.25, -0.2) is 9.18 Å². The number of hydrogen-bond donors (Lipinski definition) is 1. The Morgan fingerprint density at radius 2 is 2.05 bits per heavy atom. The highest BCUT2D eigenvalue weighted by Gasteiger charge is 2.31. The van der Waals surface area contributed by atoms with Crippen LogP contribution in [-0.4, -0.2) is 28.4 Å². The Kier molecular flexibility index (Phi) is 3.64. The van der Waals surface area contributed by atoms with Gasteiger partial charge in [0.05, 0.1) is 5.57 Å². The van der Waals surface area contributed by atoms with E-state index in [4.69, 9.17) is 0 Å². The lowest BCUT2D eigenvalue weighted by atomic mass is 9.86. The van der Waals surface area contributed by atoms with Crippen LogP contribution >= 0.6 is 0 Å². The Morgan fingerprint density at radius 1 is 1.42 bits per heavy atom. The molecule has 1 amide bonds. The van der Waals surface area contributed by atoms with Crippen LogP contribution in [0.5, 0.6) is 0 Å². The molecule has 1 N–H and O–H groups in total. The first-order valence-electron chi connectivity index (χ1n) is 6.03. The SMILES string of the molecule is CCN1C=C(C(=O)O)[C@H](c2ccc(F)cc2)CC1=O. The minimum atomic E-state index is -1.06. The summed E-state index contributed by atoms with van der Waals surface area (Å²) in [6.07, 6.45) is 1.47. The van der Waals surface area contributed by atoms with Crippen molar-refractivity contribution in [2.45, 2.75) is 19.3 Å². The van der Waals surface area contributed by atoms with E-state index in [0.717, 1.165) is 0 Å². The number of aliphatic carboxylic acids is 1. The maximum Gasteiger partial charge on any atom is 0.333 e. The summed E-state index contributed by atoms with van der Waals surface area (Å²) in [5.74, 6) is -2.09. The van der Waals surface area contributed by atoms with E-state index in [-0.39, 0.29) is 23.7 Å². The van der Waals surface area contributed by atoms with Gasteiger partial charge in [0, 0.05) is 25.1 Å². The first-order chi connectivity index (χ1) is 9.02. The van der Waals surface area contributed by atoms with Crippen molar-refractivity contribution < 1.29 is 19.1 Å². The number of hydrogen-bond acceptors (Lipinski definition) is 2. The van der Waals surface area contributed by atoms with Crippen LogP contribution in [0.15, 0.2) is 36.0 Å². The summed E-state index contributed by atoms with van der Waals surface area (Å²) in [4.78, 5) is 24.5. The van der Waals surface area contributed by atoms with Crippen molar-refractivity contribution in [2.75, 3.05) is 6.54 Å². The molecule has 0 saturated carbocycles. The fourth-order valence-electron chi connectivity index (χ4n) is 2.20. The van der Waals surface area contributed by atoms with Crippen molar-refractivity contribution in [2.24, 2.45) is 0 Å². The lowest BCUT2D eigenvalue weighted by molar-refractivity contribution is -0.134. The van der Waals surface area contributed by atoms with Gasteiger partial charge in [-0.15, -0.1) is 0 Å². The Morgan fingerprint density at radius 3 is 2.58 bits per heavy atom. The molecule has 1 aromatic carbocycles. The van der Waals surface area contributed by atoms with Crippen molar-refractivity contribution in [1.29, 1.82) is 0 Å². The molecule has 4 nitrogen and oxygen atoms in total. The smallest absolute Gasteiger partial charge is 0.333 e. The zero-order chi connectivity index (χ0) is 14.0. The molecule has 5 heteroatoms. The molecule has 19 heavy (non-hydrogen) atoms. The Balaban J connectivity index is 2.41. The van der Waals surface area contributed by atoms with Gasteiger partial charge in [0.2, 0.25) is 5.91 Å². The van der Waals surface area contributed by atoms with Crippen LogP contribution in [0.25, 0.3) is 0 Å². The summed E-state index contributed by atoms with van der Waals surface area (Å²) in [5, 5.41) is 9.24. The predicted octanol–water partition coefficient (Wildman–Crippen LogP) is 2.13. The molecule has 0 aliphatic carbocycles. The second-order valence-electron chi connectivity index (χ2n) is 4.38. The number of benzene rings is 1. The zero-order valence-electron chi connectivity index (χ0n) is 10.5. The van der Waals surface area contributed by atoms with Crippen LogP contribution < -0.4 is 0 Å². The van der Waals surface area contributed by atoms with Gasteiger partial charge in [0.15, 0.2) is 0 Å². The third-order valence-corrected chi connectivity index (χ3v) is 3.23. The lowest BCUT2D eigenvalue weighted by Crippen LogP contribution is -2.34. The number of carboxylic acid groups (broad SMARTS) is 1. The van der Waals surface area contributed by atoms with Crippen LogP contribution in [0.2, 0.25) is 0 Å². The quantitative estimate of drug-likeness (QED) is 0.908. The lowest BCUT2D eigenvalue weighted by Gasteiger charge is -2.28. The Bertz CT molecular complexity index is 536. The molecule has 0 fully saturated rings. The molecule has 2 rings (SSSR count).